The average molecular weight is 447 g/mol. The minimum absolute atomic E-state index is 0.0309. The Balaban J connectivity index is 2.02. The fourth-order valence-corrected chi connectivity index (χ4v) is 4.61. The number of allylic oxidation sites excluding steroid dienone is 1. The van der Waals surface area contributed by atoms with Crippen molar-refractivity contribution >= 4 is 55.2 Å². The molecule has 0 atom stereocenters. The molecule has 26 heavy (non-hydrogen) atoms. The maximum atomic E-state index is 12.5. The van der Waals surface area contributed by atoms with Crippen molar-refractivity contribution in [3.05, 3.63) is 67.2 Å². The number of nitrogens with zero attached hydrogens (tertiary/aromatic N) is 4. The predicted molar refractivity (Wildman–Crippen MR) is 104 cm³/mol. The maximum absolute atomic E-state index is 12.5. The zero-order chi connectivity index (χ0) is 18.3. The van der Waals surface area contributed by atoms with Crippen LogP contribution in [0, 0.1) is 0 Å². The van der Waals surface area contributed by atoms with Gasteiger partial charge in [0.15, 0.2) is 4.80 Å². The SMILES string of the molecule is C=CCn1c(O)c(C2=c3cc(Br)ccc3=NC2=O)sc1=Nc1nccs1. The molecule has 1 N–H and O–H groups in total. The van der Waals surface area contributed by atoms with Crippen LogP contribution in [0.25, 0.3) is 5.57 Å². The first-order valence-electron chi connectivity index (χ1n) is 7.49. The molecule has 0 fully saturated rings. The van der Waals surface area contributed by atoms with Crippen LogP contribution < -0.4 is 15.4 Å². The summed E-state index contributed by atoms with van der Waals surface area (Å²) < 4.78 is 2.44. The van der Waals surface area contributed by atoms with Crippen molar-refractivity contribution in [2.24, 2.45) is 9.98 Å². The molecule has 1 aliphatic rings. The highest BCUT2D eigenvalue weighted by atomic mass is 79.9. The average Bonchev–Trinajstić information content (AvgIpc) is 3.29. The van der Waals surface area contributed by atoms with Gasteiger partial charge in [0.1, 0.15) is 4.88 Å². The lowest BCUT2D eigenvalue weighted by atomic mass is 10.1. The molecule has 0 radical (unpaired) electrons. The maximum Gasteiger partial charge on any atom is 0.279 e. The molecule has 0 aliphatic carbocycles. The van der Waals surface area contributed by atoms with Gasteiger partial charge < -0.3 is 5.11 Å². The van der Waals surface area contributed by atoms with Gasteiger partial charge in [-0.15, -0.1) is 17.9 Å². The molecule has 9 heteroatoms. The Kier molecular flexibility index (Phi) is 4.43. The van der Waals surface area contributed by atoms with Crippen LogP contribution in [0.5, 0.6) is 5.88 Å². The van der Waals surface area contributed by atoms with Crippen molar-refractivity contribution in [2.75, 3.05) is 0 Å². The second-order valence-electron chi connectivity index (χ2n) is 5.32. The van der Waals surface area contributed by atoms with Crippen LogP contribution in [0.1, 0.15) is 4.88 Å². The third-order valence-corrected chi connectivity index (χ3v) is 5.94. The molecular formula is C17H11BrN4O2S2. The van der Waals surface area contributed by atoms with E-state index in [1.54, 1.807) is 22.9 Å². The van der Waals surface area contributed by atoms with Crippen LogP contribution in [0.3, 0.4) is 0 Å². The minimum Gasteiger partial charge on any atom is -0.493 e. The molecule has 1 aromatic carbocycles. The van der Waals surface area contributed by atoms with Crippen molar-refractivity contribution in [3.8, 4) is 5.88 Å². The number of carbonyl (C=O) groups is 1. The first-order valence-corrected chi connectivity index (χ1v) is 9.98. The number of thiazole rings is 2. The smallest absolute Gasteiger partial charge is 0.279 e. The van der Waals surface area contributed by atoms with Gasteiger partial charge in [-0.1, -0.05) is 33.3 Å². The summed E-state index contributed by atoms with van der Waals surface area (Å²) in [5.74, 6) is -0.405. The van der Waals surface area contributed by atoms with E-state index in [-0.39, 0.29) is 11.8 Å². The van der Waals surface area contributed by atoms with Gasteiger partial charge in [0.25, 0.3) is 5.91 Å². The third kappa shape index (κ3) is 2.87. The summed E-state index contributed by atoms with van der Waals surface area (Å²) >= 11 is 6.04. The van der Waals surface area contributed by atoms with Crippen LogP contribution in [0.4, 0.5) is 5.13 Å². The summed E-state index contributed by atoms with van der Waals surface area (Å²) in [6, 6.07) is 5.43. The van der Waals surface area contributed by atoms with Crippen LogP contribution in [0.15, 0.2) is 56.9 Å². The molecule has 3 aromatic rings. The topological polar surface area (TPSA) is 79.8 Å². The lowest BCUT2D eigenvalue weighted by molar-refractivity contribution is -0.112. The molecular weight excluding hydrogens is 436 g/mol. The summed E-state index contributed by atoms with van der Waals surface area (Å²) in [6.45, 7) is 4.08. The van der Waals surface area contributed by atoms with Crippen LogP contribution in [0.2, 0.25) is 0 Å². The summed E-state index contributed by atoms with van der Waals surface area (Å²) in [6.07, 6.45) is 3.32. The second-order valence-corrected chi connectivity index (χ2v) is 8.08. The fourth-order valence-electron chi connectivity index (χ4n) is 2.60. The Morgan fingerprint density at radius 1 is 1.42 bits per heavy atom. The zero-order valence-corrected chi connectivity index (χ0v) is 16.4. The lowest BCUT2D eigenvalue weighted by Gasteiger charge is -2.02. The van der Waals surface area contributed by atoms with E-state index in [1.807, 2.05) is 17.5 Å². The van der Waals surface area contributed by atoms with E-state index in [1.165, 1.54) is 22.7 Å². The van der Waals surface area contributed by atoms with Crippen LogP contribution in [-0.4, -0.2) is 20.6 Å². The predicted octanol–water partition coefficient (Wildman–Crippen LogP) is 2.25. The molecule has 0 bridgehead atoms. The van der Waals surface area contributed by atoms with Crippen molar-refractivity contribution in [1.29, 1.82) is 0 Å². The van der Waals surface area contributed by atoms with Crippen molar-refractivity contribution in [1.82, 2.24) is 9.55 Å². The summed E-state index contributed by atoms with van der Waals surface area (Å²) in [5, 5.41) is 14.4. The minimum atomic E-state index is -0.374. The second kappa shape index (κ2) is 6.75. The Morgan fingerprint density at radius 2 is 2.27 bits per heavy atom. The number of amides is 1. The molecule has 1 aliphatic heterocycles. The van der Waals surface area contributed by atoms with E-state index in [4.69, 9.17) is 0 Å². The molecule has 4 rings (SSSR count). The third-order valence-electron chi connectivity index (χ3n) is 3.70. The Labute approximate surface area is 164 Å². The molecule has 3 heterocycles. The van der Waals surface area contributed by atoms with Gasteiger partial charge >= 0.3 is 0 Å². The summed E-state index contributed by atoms with van der Waals surface area (Å²) in [7, 11) is 0. The summed E-state index contributed by atoms with van der Waals surface area (Å²) in [4.78, 5) is 26.2. The Bertz CT molecular complexity index is 1220. The largest absolute Gasteiger partial charge is 0.493 e. The quantitative estimate of drug-likeness (QED) is 0.624. The van der Waals surface area contributed by atoms with E-state index < -0.39 is 0 Å². The molecule has 0 unspecified atom stereocenters. The van der Waals surface area contributed by atoms with E-state index in [0.717, 1.165) is 4.47 Å². The molecule has 130 valence electrons. The number of aromatic nitrogens is 2. The van der Waals surface area contributed by atoms with Crippen molar-refractivity contribution < 1.29 is 9.90 Å². The first-order chi connectivity index (χ1) is 12.6. The molecule has 0 saturated carbocycles. The number of aromatic hydroxyl groups is 1. The normalized spacial score (nSPS) is 13.8. The number of hydrogen-bond acceptors (Lipinski definition) is 6. The number of carbonyl (C=O) groups excluding carboxylic acids is 1. The van der Waals surface area contributed by atoms with Gasteiger partial charge in [-0.3, -0.25) is 9.36 Å². The van der Waals surface area contributed by atoms with Crippen LogP contribution >= 0.6 is 38.6 Å². The zero-order valence-electron chi connectivity index (χ0n) is 13.2. The molecule has 2 aromatic heterocycles. The van der Waals surface area contributed by atoms with Crippen molar-refractivity contribution in [3.63, 3.8) is 0 Å². The van der Waals surface area contributed by atoms with Gasteiger partial charge in [-0.05, 0) is 18.2 Å². The number of halogens is 1. The van der Waals surface area contributed by atoms with E-state index in [0.29, 0.717) is 37.5 Å². The van der Waals surface area contributed by atoms with Gasteiger partial charge in [-0.25, -0.2) is 9.98 Å². The summed E-state index contributed by atoms with van der Waals surface area (Å²) in [5.41, 5.74) is 0.377. The monoisotopic (exact) mass is 446 g/mol. The molecule has 1 amide bonds. The Morgan fingerprint density at radius 3 is 3.00 bits per heavy atom. The van der Waals surface area contributed by atoms with E-state index >= 15 is 0 Å². The van der Waals surface area contributed by atoms with Gasteiger partial charge in [-0.2, -0.15) is 4.99 Å². The van der Waals surface area contributed by atoms with E-state index in [9.17, 15) is 9.90 Å². The molecule has 6 nitrogen and oxygen atoms in total. The number of fused-ring (bicyclic) bond motifs is 1. The molecule has 0 spiro atoms. The van der Waals surface area contributed by atoms with Gasteiger partial charge in [0, 0.05) is 27.8 Å². The lowest BCUT2D eigenvalue weighted by Crippen LogP contribution is -2.22. The Hall–Kier alpha value is -2.36. The number of benzene rings is 1. The number of hydrogen-bond donors (Lipinski definition) is 1. The number of rotatable bonds is 4. The van der Waals surface area contributed by atoms with Gasteiger partial charge in [0.2, 0.25) is 11.0 Å². The highest BCUT2D eigenvalue weighted by Crippen LogP contribution is 2.29. The van der Waals surface area contributed by atoms with E-state index in [2.05, 4.69) is 37.5 Å². The highest BCUT2D eigenvalue weighted by molar-refractivity contribution is 9.10. The van der Waals surface area contributed by atoms with Crippen molar-refractivity contribution in [2.45, 2.75) is 6.54 Å². The molecule has 0 saturated heterocycles. The van der Waals surface area contributed by atoms with Gasteiger partial charge in [0.05, 0.1) is 10.9 Å². The fraction of sp³-hybridized carbons (Fsp3) is 0.0588. The standard InChI is InChI=1S/C17H11BrN4O2S2/c1-2-6-22-15(24)13(26-17(22)21-16-19-5-7-25-16)12-10-8-9(18)3-4-11(10)20-14(12)23/h2-5,7-8,24H,1,6H2. The highest BCUT2D eigenvalue weighted by Gasteiger charge is 2.25. The van der Waals surface area contributed by atoms with Crippen LogP contribution in [-0.2, 0) is 11.3 Å². The first kappa shape index (κ1) is 17.1.